The van der Waals surface area contributed by atoms with E-state index in [2.05, 4.69) is 0 Å². The third-order valence-electron chi connectivity index (χ3n) is 5.38. The molecule has 30 heavy (non-hydrogen) atoms. The minimum absolute atomic E-state index is 0.0618. The highest BCUT2D eigenvalue weighted by molar-refractivity contribution is 6.02. The molecule has 1 aliphatic rings. The zero-order chi connectivity index (χ0) is 21.8. The summed E-state index contributed by atoms with van der Waals surface area (Å²) in [4.78, 5) is 39.1. The van der Waals surface area contributed by atoms with E-state index < -0.39 is 24.3 Å². The van der Waals surface area contributed by atoms with Crippen LogP contribution < -0.4 is 14.4 Å². The molecule has 2 aromatic carbocycles. The number of ether oxygens (including phenoxy) is 3. The van der Waals surface area contributed by atoms with Crippen LogP contribution >= 0.6 is 0 Å². The maximum absolute atomic E-state index is 12.5. The second-order valence-corrected chi connectivity index (χ2v) is 7.22. The van der Waals surface area contributed by atoms with E-state index in [0.29, 0.717) is 17.1 Å². The van der Waals surface area contributed by atoms with Gasteiger partial charge in [0.25, 0.3) is 0 Å². The van der Waals surface area contributed by atoms with Gasteiger partial charge in [0, 0.05) is 24.7 Å². The van der Waals surface area contributed by atoms with Gasteiger partial charge in [-0.1, -0.05) is 12.1 Å². The van der Waals surface area contributed by atoms with E-state index in [-0.39, 0.29) is 18.9 Å². The lowest BCUT2D eigenvalue weighted by molar-refractivity contribution is -0.147. The number of anilines is 1. The topological polar surface area (TPSA) is 82.1 Å². The maximum Gasteiger partial charge on any atom is 0.311 e. The number of Topliss-reactive ketones (excluding diaryl/α,β-unsaturated/α-hetero) is 1. The number of hydrogen-bond acceptors (Lipinski definition) is 6. The molecule has 0 unspecified atom stereocenters. The van der Waals surface area contributed by atoms with E-state index in [1.165, 1.54) is 14.2 Å². The van der Waals surface area contributed by atoms with Crippen LogP contribution in [-0.4, -0.2) is 45.0 Å². The van der Waals surface area contributed by atoms with Crippen LogP contribution in [0.15, 0.2) is 36.4 Å². The lowest BCUT2D eigenvalue weighted by Crippen LogP contribution is -2.28. The lowest BCUT2D eigenvalue weighted by atomic mass is 10.1. The number of amides is 1. The summed E-state index contributed by atoms with van der Waals surface area (Å²) in [7, 11) is 2.96. The summed E-state index contributed by atoms with van der Waals surface area (Å²) in [6.07, 6.45) is 0.0618. The number of benzene rings is 2. The van der Waals surface area contributed by atoms with E-state index in [9.17, 15) is 14.4 Å². The number of aryl methyl sites for hydroxylation is 1. The molecule has 0 spiro atoms. The van der Waals surface area contributed by atoms with Crippen LogP contribution in [0, 0.1) is 19.8 Å². The third-order valence-corrected chi connectivity index (χ3v) is 5.38. The molecule has 3 rings (SSSR count). The predicted molar refractivity (Wildman–Crippen MR) is 111 cm³/mol. The molecule has 1 heterocycles. The molecule has 7 heteroatoms. The maximum atomic E-state index is 12.5. The predicted octanol–water partition coefficient (Wildman–Crippen LogP) is 3.10. The molecule has 1 aliphatic heterocycles. The van der Waals surface area contributed by atoms with Gasteiger partial charge < -0.3 is 19.1 Å². The van der Waals surface area contributed by atoms with E-state index in [0.717, 1.165) is 16.8 Å². The monoisotopic (exact) mass is 411 g/mol. The molecule has 158 valence electrons. The Morgan fingerprint density at radius 1 is 1.10 bits per heavy atom. The van der Waals surface area contributed by atoms with Crippen molar-refractivity contribution < 1.29 is 28.6 Å². The van der Waals surface area contributed by atoms with Crippen molar-refractivity contribution in [2.45, 2.75) is 20.3 Å². The standard InChI is InChI=1S/C23H25NO6/c1-14-6-5-7-19(15(14)2)24-12-16(10-22(24)26)23(27)30-13-20(25)18-9-8-17(28-3)11-21(18)29-4/h5-9,11,16H,10,12-13H2,1-4H3/t16-/m1/s1. The Kier molecular flexibility index (Phi) is 6.40. The van der Waals surface area contributed by atoms with Gasteiger partial charge in [0.2, 0.25) is 11.7 Å². The van der Waals surface area contributed by atoms with Gasteiger partial charge >= 0.3 is 5.97 Å². The van der Waals surface area contributed by atoms with Crippen LogP contribution in [-0.2, 0) is 14.3 Å². The average Bonchev–Trinajstić information content (AvgIpc) is 3.14. The van der Waals surface area contributed by atoms with Crippen molar-refractivity contribution in [1.82, 2.24) is 0 Å². The first-order valence-corrected chi connectivity index (χ1v) is 9.64. The van der Waals surface area contributed by atoms with Crippen LogP contribution in [0.2, 0.25) is 0 Å². The van der Waals surface area contributed by atoms with E-state index >= 15 is 0 Å². The zero-order valence-corrected chi connectivity index (χ0v) is 17.6. The third kappa shape index (κ3) is 4.30. The number of methoxy groups -OCH3 is 2. The first kappa shape index (κ1) is 21.4. The Morgan fingerprint density at radius 3 is 2.57 bits per heavy atom. The van der Waals surface area contributed by atoms with Crippen molar-refractivity contribution in [2.24, 2.45) is 5.92 Å². The van der Waals surface area contributed by atoms with Gasteiger partial charge in [0.05, 0.1) is 25.7 Å². The minimum Gasteiger partial charge on any atom is -0.497 e. The Morgan fingerprint density at radius 2 is 1.87 bits per heavy atom. The summed E-state index contributed by atoms with van der Waals surface area (Å²) < 4.78 is 15.6. The molecule has 0 aromatic heterocycles. The van der Waals surface area contributed by atoms with Crippen LogP contribution in [0.25, 0.3) is 0 Å². The number of carbonyl (C=O) groups excluding carboxylic acids is 3. The highest BCUT2D eigenvalue weighted by atomic mass is 16.5. The van der Waals surface area contributed by atoms with E-state index in [1.54, 1.807) is 23.1 Å². The van der Waals surface area contributed by atoms with Gasteiger partial charge in [-0.15, -0.1) is 0 Å². The Bertz CT molecular complexity index is 984. The first-order chi connectivity index (χ1) is 14.3. The largest absolute Gasteiger partial charge is 0.497 e. The minimum atomic E-state index is -0.608. The number of ketones is 1. The molecule has 1 saturated heterocycles. The fourth-order valence-corrected chi connectivity index (χ4v) is 3.49. The molecule has 0 aliphatic carbocycles. The molecule has 2 aromatic rings. The van der Waals surface area contributed by atoms with Gasteiger partial charge in [-0.25, -0.2) is 0 Å². The number of esters is 1. The fraction of sp³-hybridized carbons (Fsp3) is 0.348. The molecule has 1 atom stereocenters. The van der Waals surface area contributed by atoms with Crippen LogP contribution in [0.5, 0.6) is 11.5 Å². The fourth-order valence-electron chi connectivity index (χ4n) is 3.49. The summed E-state index contributed by atoms with van der Waals surface area (Å²) in [5.74, 6) is -0.795. The van der Waals surface area contributed by atoms with Crippen LogP contribution in [0.4, 0.5) is 5.69 Å². The molecule has 1 amide bonds. The summed E-state index contributed by atoms with van der Waals surface area (Å²) in [5.41, 5.74) is 3.17. The van der Waals surface area contributed by atoms with Crippen molar-refractivity contribution in [1.29, 1.82) is 0 Å². The second-order valence-electron chi connectivity index (χ2n) is 7.22. The quantitative estimate of drug-likeness (QED) is 0.514. The summed E-state index contributed by atoms with van der Waals surface area (Å²) >= 11 is 0. The average molecular weight is 411 g/mol. The Labute approximate surface area is 175 Å². The molecule has 0 saturated carbocycles. The number of rotatable bonds is 7. The van der Waals surface area contributed by atoms with Crippen LogP contribution in [0.1, 0.15) is 27.9 Å². The van der Waals surface area contributed by atoms with E-state index in [1.807, 2.05) is 32.0 Å². The molecule has 0 radical (unpaired) electrons. The summed E-state index contributed by atoms with van der Waals surface area (Å²) in [6, 6.07) is 10.5. The number of hydrogen-bond donors (Lipinski definition) is 0. The molecule has 0 N–H and O–H groups in total. The highest BCUT2D eigenvalue weighted by Gasteiger charge is 2.37. The first-order valence-electron chi connectivity index (χ1n) is 9.64. The smallest absolute Gasteiger partial charge is 0.311 e. The Balaban J connectivity index is 1.64. The molecule has 0 bridgehead atoms. The van der Waals surface area contributed by atoms with Gasteiger partial charge in [0.15, 0.2) is 6.61 Å². The molecule has 1 fully saturated rings. The summed E-state index contributed by atoms with van der Waals surface area (Å²) in [6.45, 7) is 3.74. The van der Waals surface area contributed by atoms with E-state index in [4.69, 9.17) is 14.2 Å². The second kappa shape index (κ2) is 8.98. The lowest BCUT2D eigenvalue weighted by Gasteiger charge is -2.20. The van der Waals surface area contributed by atoms with Crippen molar-refractivity contribution in [3.8, 4) is 11.5 Å². The molecule has 7 nitrogen and oxygen atoms in total. The molecular formula is C23H25NO6. The normalized spacial score (nSPS) is 15.8. The molecular weight excluding hydrogens is 386 g/mol. The van der Waals surface area contributed by atoms with Crippen molar-refractivity contribution in [3.05, 3.63) is 53.1 Å². The van der Waals surface area contributed by atoms with Crippen molar-refractivity contribution in [3.63, 3.8) is 0 Å². The highest BCUT2D eigenvalue weighted by Crippen LogP contribution is 2.30. The van der Waals surface area contributed by atoms with Crippen LogP contribution in [0.3, 0.4) is 0 Å². The zero-order valence-electron chi connectivity index (χ0n) is 17.6. The van der Waals surface area contributed by atoms with Crippen molar-refractivity contribution >= 4 is 23.3 Å². The van der Waals surface area contributed by atoms with Gasteiger partial charge in [0.1, 0.15) is 11.5 Å². The van der Waals surface area contributed by atoms with Crippen molar-refractivity contribution in [2.75, 3.05) is 32.3 Å². The number of nitrogens with zero attached hydrogens (tertiary/aromatic N) is 1. The Hall–Kier alpha value is -3.35. The van der Waals surface area contributed by atoms with Gasteiger partial charge in [-0.3, -0.25) is 14.4 Å². The SMILES string of the molecule is COc1ccc(C(=O)COC(=O)[C@@H]2CC(=O)N(c3cccc(C)c3C)C2)c(OC)c1. The summed E-state index contributed by atoms with van der Waals surface area (Å²) in [5, 5.41) is 0. The van der Waals surface area contributed by atoms with Gasteiger partial charge in [-0.2, -0.15) is 0 Å². The number of carbonyl (C=O) groups is 3. The van der Waals surface area contributed by atoms with Gasteiger partial charge in [-0.05, 0) is 43.2 Å².